The number of anilines is 1. The Labute approximate surface area is 117 Å². The number of para-hydroxylation sites is 1. The predicted octanol–water partition coefficient (Wildman–Crippen LogP) is 2.79. The average Bonchev–Trinajstić information content (AvgIpc) is 2.80. The molecule has 102 valence electrons. The van der Waals surface area contributed by atoms with E-state index in [-0.39, 0.29) is 6.10 Å². The number of hydrogen-bond acceptors (Lipinski definition) is 4. The fourth-order valence-electron chi connectivity index (χ4n) is 2.13. The fourth-order valence-corrected chi connectivity index (χ4v) is 2.13. The number of fused-ring (bicyclic) bond motifs is 1. The first-order valence-electron chi connectivity index (χ1n) is 6.51. The lowest BCUT2D eigenvalue weighted by Crippen LogP contribution is -2.07. The molecule has 1 heterocycles. The van der Waals surface area contributed by atoms with E-state index in [0.717, 1.165) is 22.5 Å². The highest BCUT2D eigenvalue weighted by atomic mass is 16.5. The van der Waals surface area contributed by atoms with Gasteiger partial charge in [-0.3, -0.25) is 0 Å². The number of hydrogen-bond donors (Lipinski definition) is 1. The molecule has 5 nitrogen and oxygen atoms in total. The Morgan fingerprint density at radius 2 is 1.95 bits per heavy atom. The van der Waals surface area contributed by atoms with E-state index in [1.165, 1.54) is 0 Å². The Balaban J connectivity index is 2.11. The maximum Gasteiger partial charge on any atom is 0.123 e. The van der Waals surface area contributed by atoms with Crippen LogP contribution in [-0.2, 0) is 0 Å². The molecule has 0 bridgehead atoms. The summed E-state index contributed by atoms with van der Waals surface area (Å²) in [6, 6.07) is 13.4. The maximum atomic E-state index is 5.94. The highest BCUT2D eigenvalue weighted by molar-refractivity contribution is 5.76. The van der Waals surface area contributed by atoms with E-state index in [1.807, 2.05) is 56.3 Å². The molecule has 2 aromatic carbocycles. The molecule has 0 aliphatic heterocycles. The third kappa shape index (κ3) is 2.30. The van der Waals surface area contributed by atoms with Crippen LogP contribution in [0.15, 0.2) is 42.5 Å². The highest BCUT2D eigenvalue weighted by Gasteiger charge is 2.08. The molecule has 0 aliphatic carbocycles. The molecule has 0 saturated heterocycles. The lowest BCUT2D eigenvalue weighted by Gasteiger charge is -2.12. The van der Waals surface area contributed by atoms with Crippen LogP contribution in [0.3, 0.4) is 0 Å². The third-order valence-corrected chi connectivity index (χ3v) is 2.88. The Bertz CT molecular complexity index is 748. The number of rotatable bonds is 3. The van der Waals surface area contributed by atoms with Crippen molar-refractivity contribution >= 4 is 16.7 Å². The summed E-state index contributed by atoms with van der Waals surface area (Å²) in [5, 5.41) is 8.33. The monoisotopic (exact) mass is 268 g/mol. The second-order valence-electron chi connectivity index (χ2n) is 4.92. The first-order valence-corrected chi connectivity index (χ1v) is 6.51. The fraction of sp³-hybridized carbons (Fsp3) is 0.200. The Morgan fingerprint density at radius 3 is 2.75 bits per heavy atom. The van der Waals surface area contributed by atoms with Crippen LogP contribution in [0.4, 0.5) is 5.69 Å². The minimum Gasteiger partial charge on any atom is -0.491 e. The summed E-state index contributed by atoms with van der Waals surface area (Å²) in [5.74, 6) is 0.731. The topological polar surface area (TPSA) is 66.0 Å². The van der Waals surface area contributed by atoms with E-state index in [0.29, 0.717) is 5.69 Å². The minimum atomic E-state index is 0.0946. The molecule has 0 aliphatic rings. The summed E-state index contributed by atoms with van der Waals surface area (Å²) in [5.41, 5.74) is 9.21. The van der Waals surface area contributed by atoms with E-state index >= 15 is 0 Å². The number of ether oxygens (including phenoxy) is 1. The largest absolute Gasteiger partial charge is 0.491 e. The Morgan fingerprint density at radius 1 is 1.15 bits per heavy atom. The number of nitrogen functional groups attached to an aromatic ring is 1. The van der Waals surface area contributed by atoms with Crippen molar-refractivity contribution in [2.45, 2.75) is 20.0 Å². The van der Waals surface area contributed by atoms with Gasteiger partial charge in [-0.15, -0.1) is 5.10 Å². The molecule has 5 heteroatoms. The molecule has 3 rings (SSSR count). The standard InChI is InChI=1S/C15H16N4O/c1-10(2)20-13-8-11(16)7-12(9-13)19-15-6-4-3-5-14(15)17-18-19/h3-10H,16H2,1-2H3. The van der Waals surface area contributed by atoms with Gasteiger partial charge in [-0.05, 0) is 32.0 Å². The van der Waals surface area contributed by atoms with Gasteiger partial charge in [0.05, 0.1) is 17.3 Å². The van der Waals surface area contributed by atoms with Crippen LogP contribution >= 0.6 is 0 Å². The van der Waals surface area contributed by atoms with Crippen LogP contribution in [0.25, 0.3) is 16.7 Å². The lowest BCUT2D eigenvalue weighted by molar-refractivity contribution is 0.242. The summed E-state index contributed by atoms with van der Waals surface area (Å²) < 4.78 is 7.47. The van der Waals surface area contributed by atoms with Crippen molar-refractivity contribution in [3.8, 4) is 11.4 Å². The first kappa shape index (κ1) is 12.5. The van der Waals surface area contributed by atoms with E-state index in [9.17, 15) is 0 Å². The second-order valence-corrected chi connectivity index (χ2v) is 4.92. The van der Waals surface area contributed by atoms with Crippen molar-refractivity contribution in [2.75, 3.05) is 5.73 Å². The van der Waals surface area contributed by atoms with Crippen molar-refractivity contribution < 1.29 is 4.74 Å². The number of nitrogens with two attached hydrogens (primary N) is 1. The van der Waals surface area contributed by atoms with Gasteiger partial charge in [-0.25, -0.2) is 4.68 Å². The molecule has 3 aromatic rings. The molecular formula is C15H16N4O. The van der Waals surface area contributed by atoms with Gasteiger partial charge in [-0.2, -0.15) is 0 Å². The van der Waals surface area contributed by atoms with Gasteiger partial charge < -0.3 is 10.5 Å². The molecule has 1 aromatic heterocycles. The summed E-state index contributed by atoms with van der Waals surface area (Å²) in [6.07, 6.45) is 0.0946. The zero-order valence-corrected chi connectivity index (χ0v) is 11.4. The highest BCUT2D eigenvalue weighted by Crippen LogP contribution is 2.24. The lowest BCUT2D eigenvalue weighted by atomic mass is 10.2. The first-order chi connectivity index (χ1) is 9.63. The molecular weight excluding hydrogens is 252 g/mol. The average molecular weight is 268 g/mol. The SMILES string of the molecule is CC(C)Oc1cc(N)cc(-n2nnc3ccccc32)c1. The molecule has 0 fully saturated rings. The molecule has 0 spiro atoms. The Hall–Kier alpha value is -2.56. The van der Waals surface area contributed by atoms with E-state index in [2.05, 4.69) is 10.3 Å². The summed E-state index contributed by atoms with van der Waals surface area (Å²) in [4.78, 5) is 0. The summed E-state index contributed by atoms with van der Waals surface area (Å²) in [6.45, 7) is 3.96. The molecule has 0 atom stereocenters. The quantitative estimate of drug-likeness (QED) is 0.742. The van der Waals surface area contributed by atoms with Crippen molar-refractivity contribution in [1.29, 1.82) is 0 Å². The molecule has 0 radical (unpaired) electrons. The van der Waals surface area contributed by atoms with Crippen LogP contribution in [0.5, 0.6) is 5.75 Å². The number of benzene rings is 2. The van der Waals surface area contributed by atoms with Crippen LogP contribution < -0.4 is 10.5 Å². The second kappa shape index (κ2) is 4.85. The van der Waals surface area contributed by atoms with E-state index in [4.69, 9.17) is 10.5 Å². The van der Waals surface area contributed by atoms with Gasteiger partial charge in [0, 0.05) is 17.8 Å². The molecule has 0 unspecified atom stereocenters. The molecule has 0 amide bonds. The van der Waals surface area contributed by atoms with Crippen molar-refractivity contribution in [3.63, 3.8) is 0 Å². The number of nitrogens with zero attached hydrogens (tertiary/aromatic N) is 3. The van der Waals surface area contributed by atoms with Crippen molar-refractivity contribution in [3.05, 3.63) is 42.5 Å². The predicted molar refractivity (Wildman–Crippen MR) is 79.0 cm³/mol. The van der Waals surface area contributed by atoms with E-state index in [1.54, 1.807) is 4.68 Å². The smallest absolute Gasteiger partial charge is 0.123 e. The van der Waals surface area contributed by atoms with Crippen LogP contribution in [0, 0.1) is 0 Å². The molecule has 2 N–H and O–H groups in total. The van der Waals surface area contributed by atoms with Gasteiger partial charge in [0.25, 0.3) is 0 Å². The maximum absolute atomic E-state index is 5.94. The zero-order chi connectivity index (χ0) is 14.1. The van der Waals surface area contributed by atoms with Crippen LogP contribution in [0.1, 0.15) is 13.8 Å². The van der Waals surface area contributed by atoms with E-state index < -0.39 is 0 Å². The van der Waals surface area contributed by atoms with Gasteiger partial charge in [0.1, 0.15) is 11.3 Å². The van der Waals surface area contributed by atoms with Gasteiger partial charge >= 0.3 is 0 Å². The van der Waals surface area contributed by atoms with Crippen molar-refractivity contribution in [2.24, 2.45) is 0 Å². The Kier molecular flexibility index (Phi) is 3.02. The van der Waals surface area contributed by atoms with Crippen LogP contribution in [-0.4, -0.2) is 21.1 Å². The van der Waals surface area contributed by atoms with Gasteiger partial charge in [-0.1, -0.05) is 17.3 Å². The van der Waals surface area contributed by atoms with Crippen molar-refractivity contribution in [1.82, 2.24) is 15.0 Å². The van der Waals surface area contributed by atoms with Gasteiger partial charge in [0.2, 0.25) is 0 Å². The van der Waals surface area contributed by atoms with Gasteiger partial charge in [0.15, 0.2) is 0 Å². The van der Waals surface area contributed by atoms with Crippen LogP contribution in [0.2, 0.25) is 0 Å². The number of aromatic nitrogens is 3. The molecule has 20 heavy (non-hydrogen) atoms. The molecule has 0 saturated carbocycles. The zero-order valence-electron chi connectivity index (χ0n) is 11.4. The third-order valence-electron chi connectivity index (χ3n) is 2.88. The summed E-state index contributed by atoms with van der Waals surface area (Å²) >= 11 is 0. The normalized spacial score (nSPS) is 11.2. The summed E-state index contributed by atoms with van der Waals surface area (Å²) in [7, 11) is 0. The minimum absolute atomic E-state index is 0.0946.